The Kier molecular flexibility index (Phi) is 5.91. The fourth-order valence-electron chi connectivity index (χ4n) is 1.89. The molecule has 0 aromatic heterocycles. The molecule has 2 heteroatoms. The lowest BCUT2D eigenvalue weighted by Crippen LogP contribution is -2.21. The average Bonchev–Trinajstić information content (AvgIpc) is 2.60. The predicted octanol–water partition coefficient (Wildman–Crippen LogP) is 3.61. The van der Waals surface area contributed by atoms with E-state index in [-0.39, 0.29) is 12.2 Å². The first kappa shape index (κ1) is 14.8. The number of allylic oxidation sites excluding steroid dienone is 4. The highest BCUT2D eigenvalue weighted by Crippen LogP contribution is 2.30. The van der Waals surface area contributed by atoms with Crippen LogP contribution in [0.3, 0.4) is 0 Å². The van der Waals surface area contributed by atoms with Gasteiger partial charge in [0, 0.05) is 0 Å². The summed E-state index contributed by atoms with van der Waals surface area (Å²) in [6.45, 7) is 6.00. The average molecular weight is 246 g/mol. The molecule has 0 bridgehead atoms. The summed E-state index contributed by atoms with van der Waals surface area (Å²) in [6.07, 6.45) is 18.8. The van der Waals surface area contributed by atoms with E-state index in [1.54, 1.807) is 6.08 Å². The Bertz CT molecular complexity index is 369. The van der Waals surface area contributed by atoms with Gasteiger partial charge in [-0.2, -0.15) is 0 Å². The molecule has 0 saturated carbocycles. The van der Waals surface area contributed by atoms with Crippen molar-refractivity contribution in [1.82, 2.24) is 0 Å². The van der Waals surface area contributed by atoms with Crippen LogP contribution in [0, 0.1) is 12.3 Å². The van der Waals surface area contributed by atoms with Crippen LogP contribution in [-0.2, 0) is 9.47 Å². The number of rotatable bonds is 5. The Morgan fingerprint density at radius 1 is 1.22 bits per heavy atom. The second kappa shape index (κ2) is 7.20. The van der Waals surface area contributed by atoms with Crippen LogP contribution in [0.5, 0.6) is 0 Å². The second-order valence-electron chi connectivity index (χ2n) is 4.66. The van der Waals surface area contributed by atoms with Crippen LogP contribution in [0.4, 0.5) is 0 Å². The van der Waals surface area contributed by atoms with Gasteiger partial charge in [-0.1, -0.05) is 43.2 Å². The largest absolute Gasteiger partial charge is 0.344 e. The Hall–Kier alpha value is -1.30. The molecule has 0 N–H and O–H groups in total. The molecular formula is C16H22O2. The Morgan fingerprint density at radius 2 is 2.00 bits per heavy atom. The number of hydrogen-bond donors (Lipinski definition) is 0. The molecule has 98 valence electrons. The molecular weight excluding hydrogens is 224 g/mol. The summed E-state index contributed by atoms with van der Waals surface area (Å²) in [4.78, 5) is 0. The summed E-state index contributed by atoms with van der Waals surface area (Å²) in [5.41, 5.74) is 0. The fourth-order valence-corrected chi connectivity index (χ4v) is 1.89. The fraction of sp³-hybridized carbons (Fsp3) is 0.500. The van der Waals surface area contributed by atoms with Gasteiger partial charge in [0.05, 0.1) is 6.10 Å². The minimum Gasteiger partial charge on any atom is -0.344 e. The molecule has 1 saturated heterocycles. The van der Waals surface area contributed by atoms with Gasteiger partial charge in [-0.05, 0) is 32.8 Å². The molecule has 0 spiro atoms. The first-order valence-corrected chi connectivity index (χ1v) is 6.39. The van der Waals surface area contributed by atoms with Crippen molar-refractivity contribution >= 4 is 0 Å². The Labute approximate surface area is 110 Å². The van der Waals surface area contributed by atoms with Gasteiger partial charge in [-0.3, -0.25) is 0 Å². The summed E-state index contributed by atoms with van der Waals surface area (Å²) in [7, 11) is 0. The van der Waals surface area contributed by atoms with E-state index < -0.39 is 5.79 Å². The molecule has 0 aliphatic carbocycles. The topological polar surface area (TPSA) is 18.5 Å². The minimum absolute atomic E-state index is 0.0241. The third kappa shape index (κ3) is 4.91. The standard InChI is InChI=1S/C16H22O2/c1-5-7-9-11-13-15-14(12-10-8-6-2)17-16(3,4)18-15/h1,7-11,13-15H,6,12H2,2-4H3/b9-7+,10-8+,13-11+/t14-,15+/m0/s1. The normalized spacial score (nSPS) is 27.4. The molecule has 18 heavy (non-hydrogen) atoms. The molecule has 0 amide bonds. The maximum absolute atomic E-state index is 5.88. The van der Waals surface area contributed by atoms with E-state index in [1.165, 1.54) is 0 Å². The van der Waals surface area contributed by atoms with Crippen molar-refractivity contribution in [2.24, 2.45) is 0 Å². The van der Waals surface area contributed by atoms with Gasteiger partial charge in [0.1, 0.15) is 6.10 Å². The van der Waals surface area contributed by atoms with Gasteiger partial charge in [0.25, 0.3) is 0 Å². The highest BCUT2D eigenvalue weighted by Gasteiger charge is 2.38. The van der Waals surface area contributed by atoms with Gasteiger partial charge in [-0.15, -0.1) is 6.42 Å². The van der Waals surface area contributed by atoms with Crippen molar-refractivity contribution in [2.75, 3.05) is 0 Å². The minimum atomic E-state index is -0.518. The van der Waals surface area contributed by atoms with Gasteiger partial charge in [0.15, 0.2) is 5.79 Å². The molecule has 0 radical (unpaired) electrons. The quantitative estimate of drug-likeness (QED) is 0.419. The monoisotopic (exact) mass is 246 g/mol. The Morgan fingerprint density at radius 3 is 2.67 bits per heavy atom. The van der Waals surface area contributed by atoms with Crippen LogP contribution in [0.1, 0.15) is 33.6 Å². The second-order valence-corrected chi connectivity index (χ2v) is 4.66. The van der Waals surface area contributed by atoms with Crippen molar-refractivity contribution in [3.05, 3.63) is 36.5 Å². The maximum atomic E-state index is 5.88. The molecule has 0 aromatic rings. The van der Waals surface area contributed by atoms with Crippen molar-refractivity contribution in [2.45, 2.75) is 51.6 Å². The van der Waals surface area contributed by atoms with Gasteiger partial charge in [0.2, 0.25) is 0 Å². The molecule has 0 aromatic carbocycles. The third-order valence-corrected chi connectivity index (χ3v) is 2.60. The predicted molar refractivity (Wildman–Crippen MR) is 75.0 cm³/mol. The molecule has 1 aliphatic heterocycles. The lowest BCUT2D eigenvalue weighted by atomic mass is 10.1. The lowest BCUT2D eigenvalue weighted by molar-refractivity contribution is -0.142. The number of terminal acetylenes is 1. The van der Waals surface area contributed by atoms with Crippen LogP contribution in [0.2, 0.25) is 0 Å². The van der Waals surface area contributed by atoms with E-state index in [9.17, 15) is 0 Å². The van der Waals surface area contributed by atoms with E-state index in [1.807, 2.05) is 32.1 Å². The zero-order chi connectivity index (χ0) is 13.4. The van der Waals surface area contributed by atoms with Gasteiger partial charge >= 0.3 is 0 Å². The summed E-state index contributed by atoms with van der Waals surface area (Å²) >= 11 is 0. The van der Waals surface area contributed by atoms with Crippen molar-refractivity contribution < 1.29 is 9.47 Å². The van der Waals surface area contributed by atoms with Crippen molar-refractivity contribution in [1.29, 1.82) is 0 Å². The molecule has 2 nitrogen and oxygen atoms in total. The third-order valence-electron chi connectivity index (χ3n) is 2.60. The van der Waals surface area contributed by atoms with Gasteiger partial charge < -0.3 is 9.47 Å². The molecule has 0 unspecified atom stereocenters. The molecule has 1 heterocycles. The van der Waals surface area contributed by atoms with Gasteiger partial charge in [-0.25, -0.2) is 0 Å². The van der Waals surface area contributed by atoms with E-state index in [4.69, 9.17) is 15.9 Å². The summed E-state index contributed by atoms with van der Waals surface area (Å²) in [5.74, 6) is 1.93. The zero-order valence-electron chi connectivity index (χ0n) is 11.4. The molecule has 2 atom stereocenters. The first-order valence-electron chi connectivity index (χ1n) is 6.39. The number of hydrogen-bond acceptors (Lipinski definition) is 2. The van der Waals surface area contributed by atoms with E-state index in [0.29, 0.717) is 0 Å². The van der Waals surface area contributed by atoms with Crippen LogP contribution in [0.15, 0.2) is 36.5 Å². The smallest absolute Gasteiger partial charge is 0.164 e. The van der Waals surface area contributed by atoms with E-state index in [0.717, 1.165) is 12.8 Å². The first-order chi connectivity index (χ1) is 8.59. The molecule has 1 rings (SSSR count). The molecule has 1 aliphatic rings. The Balaban J connectivity index is 2.61. The van der Waals surface area contributed by atoms with E-state index >= 15 is 0 Å². The van der Waals surface area contributed by atoms with Crippen LogP contribution < -0.4 is 0 Å². The van der Waals surface area contributed by atoms with Crippen LogP contribution >= 0.6 is 0 Å². The zero-order valence-corrected chi connectivity index (χ0v) is 11.4. The van der Waals surface area contributed by atoms with Crippen molar-refractivity contribution in [3.8, 4) is 12.3 Å². The summed E-state index contributed by atoms with van der Waals surface area (Å²) < 4.78 is 11.7. The lowest BCUT2D eigenvalue weighted by Gasteiger charge is -2.16. The summed E-state index contributed by atoms with van der Waals surface area (Å²) in [5, 5.41) is 0. The van der Waals surface area contributed by atoms with Crippen LogP contribution in [0.25, 0.3) is 0 Å². The molecule has 1 fully saturated rings. The summed E-state index contributed by atoms with van der Waals surface area (Å²) in [6, 6.07) is 0. The highest BCUT2D eigenvalue weighted by molar-refractivity contribution is 5.17. The van der Waals surface area contributed by atoms with Crippen molar-refractivity contribution in [3.63, 3.8) is 0 Å². The van der Waals surface area contributed by atoms with E-state index in [2.05, 4.69) is 25.0 Å². The SMILES string of the molecule is C#C/C=C/C=C/[C@H]1OC(C)(C)O[C@H]1C/C=C/CC. The number of ether oxygens (including phenoxy) is 2. The highest BCUT2D eigenvalue weighted by atomic mass is 16.7. The maximum Gasteiger partial charge on any atom is 0.164 e. The van der Waals surface area contributed by atoms with Crippen LogP contribution in [-0.4, -0.2) is 18.0 Å².